The average Bonchev–Trinajstić information content (AvgIpc) is 2.92. The van der Waals surface area contributed by atoms with Crippen LogP contribution < -0.4 is 4.74 Å². The van der Waals surface area contributed by atoms with Crippen molar-refractivity contribution in [1.29, 1.82) is 5.26 Å². The molecule has 0 N–H and O–H groups in total. The summed E-state index contributed by atoms with van der Waals surface area (Å²) in [5.74, 6) is 1.82. The van der Waals surface area contributed by atoms with E-state index in [4.69, 9.17) is 10.00 Å². The number of nitriles is 1. The van der Waals surface area contributed by atoms with Crippen LogP contribution in [0.2, 0.25) is 0 Å². The van der Waals surface area contributed by atoms with Gasteiger partial charge in [-0.3, -0.25) is 0 Å². The largest absolute Gasteiger partial charge is 0.494 e. The van der Waals surface area contributed by atoms with E-state index in [1.807, 2.05) is 23.7 Å². The number of thioether (sulfide) groups is 1. The predicted molar refractivity (Wildman–Crippen MR) is 74.1 cm³/mol. The smallest absolute Gasteiger partial charge is 0.149 e. The summed E-state index contributed by atoms with van der Waals surface area (Å²) in [6, 6.07) is 9.26. The van der Waals surface area contributed by atoms with E-state index in [9.17, 15) is 0 Å². The molecule has 0 saturated carbocycles. The second-order valence-electron chi connectivity index (χ2n) is 3.48. The van der Waals surface area contributed by atoms with E-state index in [-0.39, 0.29) is 0 Å². The number of nitrogens with zero attached hydrogens (tertiary/aromatic N) is 2. The number of rotatable bonds is 6. The molecule has 18 heavy (non-hydrogen) atoms. The lowest BCUT2D eigenvalue weighted by Crippen LogP contribution is -1.98. The maximum Gasteiger partial charge on any atom is 0.149 e. The van der Waals surface area contributed by atoms with Gasteiger partial charge < -0.3 is 4.74 Å². The molecule has 0 spiro atoms. The molecule has 0 bridgehead atoms. The van der Waals surface area contributed by atoms with Crippen LogP contribution in [0.3, 0.4) is 0 Å². The molecule has 0 aliphatic heterocycles. The number of hydrogen-bond donors (Lipinski definition) is 0. The summed E-state index contributed by atoms with van der Waals surface area (Å²) >= 11 is 3.41. The molecule has 0 unspecified atom stereocenters. The number of benzene rings is 1. The van der Waals surface area contributed by atoms with Crippen molar-refractivity contribution in [3.05, 3.63) is 41.4 Å². The highest BCUT2D eigenvalue weighted by Gasteiger charge is 1.97. The molecule has 0 aliphatic rings. The zero-order valence-corrected chi connectivity index (χ0v) is 11.3. The molecule has 0 amide bonds. The first-order chi connectivity index (χ1) is 8.88. The Bertz CT molecular complexity index is 503. The van der Waals surface area contributed by atoms with E-state index >= 15 is 0 Å². The molecule has 3 nitrogen and oxygen atoms in total. The molecule has 1 aromatic carbocycles. The molecule has 5 heteroatoms. The first-order valence-corrected chi connectivity index (χ1v) is 7.40. The van der Waals surface area contributed by atoms with E-state index in [1.165, 1.54) is 0 Å². The predicted octanol–water partition coefficient (Wildman–Crippen LogP) is 3.58. The van der Waals surface area contributed by atoms with Crippen molar-refractivity contribution in [2.24, 2.45) is 0 Å². The van der Waals surface area contributed by atoms with E-state index < -0.39 is 0 Å². The lowest BCUT2D eigenvalue weighted by molar-refractivity contribution is 0.318. The number of thiazole rings is 1. The Morgan fingerprint density at radius 2 is 2.17 bits per heavy atom. The van der Waals surface area contributed by atoms with E-state index in [0.29, 0.717) is 12.2 Å². The first kappa shape index (κ1) is 12.9. The van der Waals surface area contributed by atoms with Gasteiger partial charge in [0, 0.05) is 17.3 Å². The molecule has 1 aromatic heterocycles. The maximum absolute atomic E-state index is 8.67. The van der Waals surface area contributed by atoms with Crippen molar-refractivity contribution in [3.8, 4) is 11.8 Å². The Balaban J connectivity index is 1.64. The zero-order chi connectivity index (χ0) is 12.6. The van der Waals surface area contributed by atoms with Gasteiger partial charge in [-0.15, -0.1) is 11.3 Å². The SMILES string of the molecule is N#Cc1ccc(OCCCSc2nccs2)cc1. The molecular weight excluding hydrogens is 264 g/mol. The Morgan fingerprint density at radius 1 is 1.33 bits per heavy atom. The second-order valence-corrected chi connectivity index (χ2v) is 5.72. The summed E-state index contributed by atoms with van der Waals surface area (Å²) in [6.07, 6.45) is 2.80. The molecule has 2 aromatic rings. The average molecular weight is 276 g/mol. The van der Waals surface area contributed by atoms with Crippen LogP contribution >= 0.6 is 23.1 Å². The van der Waals surface area contributed by atoms with Gasteiger partial charge in [0.15, 0.2) is 0 Å². The molecule has 0 atom stereocenters. The van der Waals surface area contributed by atoms with Crippen molar-refractivity contribution in [2.75, 3.05) is 12.4 Å². The van der Waals surface area contributed by atoms with Crippen molar-refractivity contribution in [1.82, 2.24) is 4.98 Å². The Morgan fingerprint density at radius 3 is 2.83 bits per heavy atom. The number of ether oxygens (including phenoxy) is 1. The summed E-state index contributed by atoms with van der Waals surface area (Å²) in [7, 11) is 0. The summed E-state index contributed by atoms with van der Waals surface area (Å²) in [4.78, 5) is 4.20. The first-order valence-electron chi connectivity index (χ1n) is 5.54. The molecule has 2 rings (SSSR count). The van der Waals surface area contributed by atoms with Gasteiger partial charge in [-0.2, -0.15) is 5.26 Å². The van der Waals surface area contributed by atoms with Crippen molar-refractivity contribution >= 4 is 23.1 Å². The Labute approximate surface area is 114 Å². The minimum atomic E-state index is 0.654. The zero-order valence-electron chi connectivity index (χ0n) is 9.70. The molecule has 0 saturated heterocycles. The highest BCUT2D eigenvalue weighted by atomic mass is 32.2. The third-order valence-corrected chi connectivity index (χ3v) is 4.23. The normalized spacial score (nSPS) is 9.94. The minimum Gasteiger partial charge on any atom is -0.494 e. The molecular formula is C13H12N2OS2. The molecule has 0 fully saturated rings. The standard InChI is InChI=1S/C13H12N2OS2/c14-10-11-2-4-12(5-3-11)16-7-1-8-17-13-15-6-9-18-13/h2-6,9H,1,7-8H2. The fourth-order valence-corrected chi connectivity index (χ4v) is 2.94. The second kappa shape index (κ2) is 7.04. The van der Waals surface area contributed by atoms with Gasteiger partial charge in [0.05, 0.1) is 18.2 Å². The molecule has 0 radical (unpaired) electrons. The third kappa shape index (κ3) is 4.06. The number of hydrogen-bond acceptors (Lipinski definition) is 5. The third-order valence-electron chi connectivity index (χ3n) is 2.18. The van der Waals surface area contributed by atoms with Gasteiger partial charge in [0.25, 0.3) is 0 Å². The van der Waals surface area contributed by atoms with Crippen LogP contribution in [0.1, 0.15) is 12.0 Å². The highest BCUT2D eigenvalue weighted by molar-refractivity contribution is 8.00. The van der Waals surface area contributed by atoms with Crippen LogP contribution in [0.25, 0.3) is 0 Å². The Hall–Kier alpha value is -1.51. The summed E-state index contributed by atoms with van der Waals surface area (Å²) in [5.41, 5.74) is 0.654. The summed E-state index contributed by atoms with van der Waals surface area (Å²) < 4.78 is 6.69. The van der Waals surface area contributed by atoms with Crippen LogP contribution in [0, 0.1) is 11.3 Å². The lowest BCUT2D eigenvalue weighted by Gasteiger charge is -2.05. The van der Waals surface area contributed by atoms with Crippen molar-refractivity contribution in [3.63, 3.8) is 0 Å². The van der Waals surface area contributed by atoms with Crippen LogP contribution in [0.4, 0.5) is 0 Å². The minimum absolute atomic E-state index is 0.654. The van der Waals surface area contributed by atoms with Crippen molar-refractivity contribution in [2.45, 2.75) is 10.8 Å². The van der Waals surface area contributed by atoms with Gasteiger partial charge in [-0.1, -0.05) is 11.8 Å². The number of aromatic nitrogens is 1. The van der Waals surface area contributed by atoms with Gasteiger partial charge in [-0.05, 0) is 30.7 Å². The van der Waals surface area contributed by atoms with Gasteiger partial charge in [-0.25, -0.2) is 4.98 Å². The maximum atomic E-state index is 8.67. The van der Waals surface area contributed by atoms with Crippen LogP contribution in [-0.2, 0) is 0 Å². The van der Waals surface area contributed by atoms with Gasteiger partial charge >= 0.3 is 0 Å². The van der Waals surface area contributed by atoms with E-state index in [0.717, 1.165) is 22.3 Å². The Kier molecular flexibility index (Phi) is 5.06. The molecule has 0 aliphatic carbocycles. The quantitative estimate of drug-likeness (QED) is 0.597. The van der Waals surface area contributed by atoms with Crippen LogP contribution in [-0.4, -0.2) is 17.3 Å². The summed E-state index contributed by atoms with van der Waals surface area (Å²) in [5, 5.41) is 10.6. The molecule has 1 heterocycles. The monoisotopic (exact) mass is 276 g/mol. The summed E-state index contributed by atoms with van der Waals surface area (Å²) in [6.45, 7) is 0.685. The van der Waals surface area contributed by atoms with Gasteiger partial charge in [0.2, 0.25) is 0 Å². The van der Waals surface area contributed by atoms with Crippen molar-refractivity contribution < 1.29 is 4.74 Å². The van der Waals surface area contributed by atoms with E-state index in [1.54, 1.807) is 35.2 Å². The topological polar surface area (TPSA) is 45.9 Å². The molecule has 92 valence electrons. The van der Waals surface area contributed by atoms with E-state index in [2.05, 4.69) is 11.1 Å². The highest BCUT2D eigenvalue weighted by Crippen LogP contribution is 2.20. The lowest BCUT2D eigenvalue weighted by atomic mass is 10.2. The van der Waals surface area contributed by atoms with Crippen LogP contribution in [0.5, 0.6) is 5.75 Å². The fourth-order valence-electron chi connectivity index (χ4n) is 1.32. The van der Waals surface area contributed by atoms with Crippen LogP contribution in [0.15, 0.2) is 40.2 Å². The fraction of sp³-hybridized carbons (Fsp3) is 0.231. The van der Waals surface area contributed by atoms with Gasteiger partial charge in [0.1, 0.15) is 10.1 Å².